The molecule has 4 nitrogen and oxygen atoms in total. The molecule has 0 aromatic heterocycles. The Balaban J connectivity index is 2.96. The number of ether oxygens (including phenoxy) is 1. The van der Waals surface area contributed by atoms with Crippen LogP contribution >= 0.6 is 0 Å². The van der Waals surface area contributed by atoms with E-state index in [1.54, 1.807) is 24.4 Å². The van der Waals surface area contributed by atoms with E-state index >= 15 is 0 Å². The third kappa shape index (κ3) is 6.92. The highest BCUT2D eigenvalue weighted by atomic mass is 16.5. The normalized spacial score (nSPS) is 10.4. The number of benzene rings is 1. The van der Waals surface area contributed by atoms with Crippen LogP contribution in [-0.4, -0.2) is 24.8 Å². The molecule has 0 heterocycles. The highest BCUT2D eigenvalue weighted by Crippen LogP contribution is 2.22. The van der Waals surface area contributed by atoms with Crippen LogP contribution in [0.4, 0.5) is 0 Å². The summed E-state index contributed by atoms with van der Waals surface area (Å²) in [6.45, 7) is 13.8. The van der Waals surface area contributed by atoms with Crippen molar-refractivity contribution in [2.45, 2.75) is 20.8 Å². The Kier molecular flexibility index (Phi) is 7.95. The van der Waals surface area contributed by atoms with Gasteiger partial charge in [-0.25, -0.2) is 0 Å². The topological polar surface area (TPSA) is 50.7 Å². The number of rotatable bonds is 8. The van der Waals surface area contributed by atoms with Gasteiger partial charge in [-0.15, -0.1) is 6.42 Å². The number of amides is 1. The van der Waals surface area contributed by atoms with Gasteiger partial charge in [0.1, 0.15) is 12.4 Å². The van der Waals surface area contributed by atoms with E-state index < -0.39 is 0 Å². The van der Waals surface area contributed by atoms with E-state index in [0.29, 0.717) is 17.9 Å². The molecule has 0 saturated carbocycles. The molecule has 0 aliphatic carbocycles. The van der Waals surface area contributed by atoms with Crippen LogP contribution in [-0.2, 0) is 0 Å². The van der Waals surface area contributed by atoms with Crippen LogP contribution in [0.5, 0.6) is 5.75 Å². The van der Waals surface area contributed by atoms with E-state index in [-0.39, 0.29) is 12.5 Å². The molecule has 0 aliphatic heterocycles. The minimum atomic E-state index is -0.224. The SMILES string of the molecule is C#CCOc1cc(C(=C)C)cc(C(=O)NC/C(C=C)=C/N=C(C)C)c1. The Hall–Kier alpha value is -3.06. The van der Waals surface area contributed by atoms with Gasteiger partial charge in [-0.1, -0.05) is 30.7 Å². The van der Waals surface area contributed by atoms with Gasteiger partial charge in [0.05, 0.1) is 0 Å². The number of carbonyl (C=O) groups is 1. The number of aliphatic imine (C=N–C) groups is 1. The smallest absolute Gasteiger partial charge is 0.251 e. The van der Waals surface area contributed by atoms with Crippen LogP contribution in [0.25, 0.3) is 5.57 Å². The van der Waals surface area contributed by atoms with Crippen LogP contribution in [0.2, 0.25) is 0 Å². The first kappa shape index (κ1) is 20.0. The number of hydrogen-bond acceptors (Lipinski definition) is 3. The molecule has 1 N–H and O–H groups in total. The molecule has 1 aromatic carbocycles. The van der Waals surface area contributed by atoms with Gasteiger partial charge >= 0.3 is 0 Å². The highest BCUT2D eigenvalue weighted by Gasteiger charge is 2.10. The first-order chi connectivity index (χ1) is 11.9. The Bertz CT molecular complexity index is 761. The molecular formula is C21H24N2O2. The van der Waals surface area contributed by atoms with E-state index in [1.807, 2.05) is 26.8 Å². The summed E-state index contributed by atoms with van der Waals surface area (Å²) in [5.74, 6) is 2.72. The van der Waals surface area contributed by atoms with E-state index in [0.717, 1.165) is 22.4 Å². The van der Waals surface area contributed by atoms with E-state index in [1.165, 1.54) is 0 Å². The summed E-state index contributed by atoms with van der Waals surface area (Å²) in [5.41, 5.74) is 3.88. The molecule has 0 bridgehead atoms. The van der Waals surface area contributed by atoms with Gasteiger partial charge in [-0.3, -0.25) is 9.79 Å². The Labute approximate surface area is 150 Å². The first-order valence-electron chi connectivity index (χ1n) is 7.85. The summed E-state index contributed by atoms with van der Waals surface area (Å²) < 4.78 is 5.45. The summed E-state index contributed by atoms with van der Waals surface area (Å²) >= 11 is 0. The Morgan fingerprint density at radius 1 is 1.32 bits per heavy atom. The first-order valence-corrected chi connectivity index (χ1v) is 7.85. The van der Waals surface area contributed by atoms with Crippen LogP contribution in [0.1, 0.15) is 36.7 Å². The molecule has 1 aromatic rings. The number of terminal acetylenes is 1. The largest absolute Gasteiger partial charge is 0.481 e. The Morgan fingerprint density at radius 3 is 2.56 bits per heavy atom. The van der Waals surface area contributed by atoms with Gasteiger partial charge < -0.3 is 10.1 Å². The molecule has 1 amide bonds. The number of carbonyl (C=O) groups excluding carboxylic acids is 1. The maximum absolute atomic E-state index is 12.5. The van der Waals surface area contributed by atoms with Crippen LogP contribution < -0.4 is 10.1 Å². The van der Waals surface area contributed by atoms with E-state index in [9.17, 15) is 4.79 Å². The second-order valence-electron chi connectivity index (χ2n) is 5.69. The van der Waals surface area contributed by atoms with Gasteiger partial charge in [0.2, 0.25) is 0 Å². The average Bonchev–Trinajstić information content (AvgIpc) is 2.59. The zero-order chi connectivity index (χ0) is 18.8. The highest BCUT2D eigenvalue weighted by molar-refractivity contribution is 5.95. The molecule has 1 rings (SSSR count). The van der Waals surface area contributed by atoms with Gasteiger partial charge in [0.15, 0.2) is 0 Å². The van der Waals surface area contributed by atoms with Crippen molar-refractivity contribution in [3.63, 3.8) is 0 Å². The fourth-order valence-corrected chi connectivity index (χ4v) is 1.85. The second-order valence-corrected chi connectivity index (χ2v) is 5.69. The molecule has 0 atom stereocenters. The summed E-state index contributed by atoms with van der Waals surface area (Å²) in [6, 6.07) is 5.24. The fourth-order valence-electron chi connectivity index (χ4n) is 1.85. The lowest BCUT2D eigenvalue weighted by atomic mass is 10.0. The van der Waals surface area contributed by atoms with Gasteiger partial charge in [0.25, 0.3) is 5.91 Å². The average molecular weight is 336 g/mol. The number of allylic oxidation sites excluding steroid dienone is 1. The lowest BCUT2D eigenvalue weighted by Gasteiger charge is -2.11. The fraction of sp³-hybridized carbons (Fsp3) is 0.238. The van der Waals surface area contributed by atoms with Crippen molar-refractivity contribution in [2.75, 3.05) is 13.2 Å². The lowest BCUT2D eigenvalue weighted by molar-refractivity contribution is 0.0957. The van der Waals surface area contributed by atoms with Gasteiger partial charge in [0, 0.05) is 24.0 Å². The minimum Gasteiger partial charge on any atom is -0.481 e. The summed E-state index contributed by atoms with van der Waals surface area (Å²) in [7, 11) is 0. The molecule has 130 valence electrons. The summed E-state index contributed by atoms with van der Waals surface area (Å²) in [4.78, 5) is 16.7. The van der Waals surface area contributed by atoms with Gasteiger partial charge in [-0.05, 0) is 50.1 Å². The third-order valence-corrected chi connectivity index (χ3v) is 3.19. The van der Waals surface area contributed by atoms with Crippen LogP contribution in [0.3, 0.4) is 0 Å². The van der Waals surface area contributed by atoms with Crippen molar-refractivity contribution in [3.8, 4) is 18.1 Å². The molecule has 0 fully saturated rings. The number of nitrogens with zero attached hydrogens (tertiary/aromatic N) is 1. The second kappa shape index (κ2) is 9.94. The quantitative estimate of drug-likeness (QED) is 0.443. The number of hydrogen-bond donors (Lipinski definition) is 1. The monoisotopic (exact) mass is 336 g/mol. The van der Waals surface area contributed by atoms with Crippen molar-refractivity contribution in [2.24, 2.45) is 4.99 Å². The predicted molar refractivity (Wildman–Crippen MR) is 105 cm³/mol. The standard InChI is InChI=1S/C21H24N2O2/c1-7-9-25-20-11-18(15(3)4)10-19(12-20)21(24)23-14-17(8-2)13-22-16(5)6/h1,8,10-13H,2-3,9,14H2,4-6H3,(H,23,24)/b17-13+. The third-order valence-electron chi connectivity index (χ3n) is 3.19. The van der Waals surface area contributed by atoms with Gasteiger partial charge in [-0.2, -0.15) is 0 Å². The van der Waals surface area contributed by atoms with E-state index in [4.69, 9.17) is 11.2 Å². The maximum atomic E-state index is 12.5. The minimum absolute atomic E-state index is 0.137. The predicted octanol–water partition coefficient (Wildman–Crippen LogP) is 4.01. The Morgan fingerprint density at radius 2 is 2.00 bits per heavy atom. The van der Waals surface area contributed by atoms with Crippen molar-refractivity contribution in [1.29, 1.82) is 0 Å². The molecule has 0 unspecified atom stereocenters. The van der Waals surface area contributed by atoms with Crippen molar-refractivity contribution >= 4 is 17.2 Å². The molecule has 0 saturated heterocycles. The van der Waals surface area contributed by atoms with Crippen molar-refractivity contribution in [1.82, 2.24) is 5.32 Å². The summed E-state index contributed by atoms with van der Waals surface area (Å²) in [5, 5.41) is 2.85. The van der Waals surface area contributed by atoms with Crippen LogP contribution in [0, 0.1) is 12.3 Å². The lowest BCUT2D eigenvalue weighted by Crippen LogP contribution is -2.25. The maximum Gasteiger partial charge on any atom is 0.251 e. The molecule has 0 aliphatic rings. The molecule has 0 radical (unpaired) electrons. The van der Waals surface area contributed by atoms with Crippen molar-refractivity contribution < 1.29 is 9.53 Å². The van der Waals surface area contributed by atoms with Crippen molar-refractivity contribution in [3.05, 3.63) is 60.3 Å². The number of nitrogens with one attached hydrogen (secondary N) is 1. The molecular weight excluding hydrogens is 312 g/mol. The summed E-state index contributed by atoms with van der Waals surface area (Å²) in [6.07, 6.45) is 8.57. The molecule has 25 heavy (non-hydrogen) atoms. The zero-order valence-electron chi connectivity index (χ0n) is 15.1. The zero-order valence-corrected chi connectivity index (χ0v) is 15.1. The molecule has 0 spiro atoms. The molecule has 4 heteroatoms. The van der Waals surface area contributed by atoms with E-state index in [2.05, 4.69) is 29.4 Å². The van der Waals surface area contributed by atoms with Crippen LogP contribution in [0.15, 0.2) is 54.2 Å².